The van der Waals surface area contributed by atoms with Gasteiger partial charge in [-0.2, -0.15) is 13.2 Å². The number of amides is 1. The van der Waals surface area contributed by atoms with Crippen molar-refractivity contribution in [3.63, 3.8) is 0 Å². The van der Waals surface area contributed by atoms with E-state index in [2.05, 4.69) is 10.3 Å². The Labute approximate surface area is 215 Å². The van der Waals surface area contributed by atoms with Crippen LogP contribution in [0.4, 0.5) is 18.3 Å². The van der Waals surface area contributed by atoms with Gasteiger partial charge in [-0.25, -0.2) is 4.98 Å². The Bertz CT molecular complexity index is 1210. The number of phenolic OH excluding ortho intramolecular Hbond substituents is 1. The summed E-state index contributed by atoms with van der Waals surface area (Å²) in [5, 5.41) is 13.8. The normalized spacial score (nSPS) is 12.0. The minimum Gasteiger partial charge on any atom is -0.507 e. The molecule has 1 aromatic heterocycles. The number of thiazole rings is 1. The van der Waals surface area contributed by atoms with Gasteiger partial charge in [0.1, 0.15) is 5.75 Å². The summed E-state index contributed by atoms with van der Waals surface area (Å²) in [6.07, 6.45) is -4.15. The number of methoxy groups -OCH3 is 2. The summed E-state index contributed by atoms with van der Waals surface area (Å²) >= 11 is 7.18. The number of nitrogens with zero attached hydrogens (tertiary/aromatic N) is 2. The fourth-order valence-corrected chi connectivity index (χ4v) is 4.84. The molecule has 7 nitrogen and oxygen atoms in total. The third kappa shape index (κ3) is 6.86. The summed E-state index contributed by atoms with van der Waals surface area (Å²) in [5.41, 5.74) is 0.427. The molecule has 0 aliphatic rings. The maximum atomic E-state index is 13.3. The molecule has 0 radical (unpaired) electrons. The van der Waals surface area contributed by atoms with Crippen LogP contribution in [0.1, 0.15) is 34.0 Å². The van der Waals surface area contributed by atoms with Gasteiger partial charge in [-0.3, -0.25) is 15.0 Å². The number of alkyl halides is 3. The number of phenols is 1. The first-order valence-electron chi connectivity index (χ1n) is 11.1. The fourth-order valence-electron chi connectivity index (χ4n) is 3.65. The zero-order chi connectivity index (χ0) is 26.5. The van der Waals surface area contributed by atoms with Gasteiger partial charge < -0.3 is 14.6 Å². The molecule has 0 spiro atoms. The number of fused-ring (bicyclic) bond motifs is 1. The van der Waals surface area contributed by atoms with Gasteiger partial charge in [0, 0.05) is 44.4 Å². The smallest absolute Gasteiger partial charge is 0.416 e. The highest BCUT2D eigenvalue weighted by molar-refractivity contribution is 7.22. The van der Waals surface area contributed by atoms with Crippen LogP contribution < -0.4 is 5.32 Å². The average molecular weight is 546 g/mol. The minimum absolute atomic E-state index is 0.0677. The lowest BCUT2D eigenvalue weighted by atomic mass is 10.1. The second-order valence-corrected chi connectivity index (χ2v) is 9.50. The third-order valence-corrected chi connectivity index (χ3v) is 6.65. The highest BCUT2D eigenvalue weighted by atomic mass is 35.5. The van der Waals surface area contributed by atoms with E-state index in [9.17, 15) is 23.1 Å². The molecule has 3 aromatic rings. The number of halogens is 4. The molecular weight excluding hydrogens is 519 g/mol. The molecule has 2 N–H and O–H groups in total. The van der Waals surface area contributed by atoms with Crippen LogP contribution in [-0.4, -0.2) is 61.4 Å². The van der Waals surface area contributed by atoms with Crippen LogP contribution >= 0.6 is 22.9 Å². The molecular formula is C24H27ClF3N3O4S. The quantitative estimate of drug-likeness (QED) is 0.327. The summed E-state index contributed by atoms with van der Waals surface area (Å²) in [6.45, 7) is 4.09. The molecule has 1 amide bonds. The second kappa shape index (κ2) is 12.2. The monoisotopic (exact) mass is 545 g/mol. The van der Waals surface area contributed by atoms with Crippen molar-refractivity contribution >= 4 is 44.2 Å². The molecule has 0 unspecified atom stereocenters. The number of rotatable bonds is 11. The molecule has 1 heterocycles. The molecule has 0 saturated heterocycles. The highest BCUT2D eigenvalue weighted by Gasteiger charge is 2.32. The van der Waals surface area contributed by atoms with Gasteiger partial charge in [0.25, 0.3) is 5.91 Å². The maximum Gasteiger partial charge on any atom is 0.416 e. The van der Waals surface area contributed by atoms with Crippen LogP contribution in [0.25, 0.3) is 10.2 Å². The van der Waals surface area contributed by atoms with Gasteiger partial charge in [-0.1, -0.05) is 29.9 Å². The number of ether oxygens (including phenoxy) is 2. The summed E-state index contributed by atoms with van der Waals surface area (Å²) in [6, 6.07) is 4.99. The van der Waals surface area contributed by atoms with Crippen LogP contribution in [0.5, 0.6) is 5.75 Å². The predicted molar refractivity (Wildman–Crippen MR) is 134 cm³/mol. The Hall–Kier alpha value is -2.44. The number of carbonyl (C=O) groups is 1. The van der Waals surface area contributed by atoms with Crippen LogP contribution in [0.15, 0.2) is 24.3 Å². The standard InChI is InChI=1S/C24H27ClF3N3O4S/c1-4-14-9-16(24(26,27)28)11-19-20(14)29-23(36-19)30-22(33)18-12-17(25)10-15(21(18)32)13-31(5-7-34-2)6-8-35-3/h9-12,32H,4-8,13H2,1-3H3,(H,29,30,33). The lowest BCUT2D eigenvalue weighted by Crippen LogP contribution is -2.30. The van der Waals surface area contributed by atoms with Crippen LogP contribution in [-0.2, 0) is 28.6 Å². The van der Waals surface area contributed by atoms with Gasteiger partial charge in [0.2, 0.25) is 0 Å². The van der Waals surface area contributed by atoms with E-state index in [-0.39, 0.29) is 21.5 Å². The molecule has 196 valence electrons. The van der Waals surface area contributed by atoms with Crippen molar-refractivity contribution in [3.8, 4) is 5.75 Å². The van der Waals surface area contributed by atoms with Crippen LogP contribution in [0.3, 0.4) is 0 Å². The number of hydrogen-bond donors (Lipinski definition) is 2. The first-order valence-corrected chi connectivity index (χ1v) is 12.3. The first kappa shape index (κ1) is 28.1. The van der Waals surface area contributed by atoms with Gasteiger partial charge in [0.15, 0.2) is 5.13 Å². The summed E-state index contributed by atoms with van der Waals surface area (Å²) in [7, 11) is 3.17. The number of aromatic hydroxyl groups is 1. The van der Waals surface area contributed by atoms with Crippen molar-refractivity contribution in [1.29, 1.82) is 0 Å². The zero-order valence-corrected chi connectivity index (χ0v) is 21.6. The number of carbonyl (C=O) groups excluding carboxylic acids is 1. The largest absolute Gasteiger partial charge is 0.507 e. The van der Waals surface area contributed by atoms with Gasteiger partial charge in [-0.15, -0.1) is 0 Å². The van der Waals surface area contributed by atoms with E-state index in [1.165, 1.54) is 6.07 Å². The maximum absolute atomic E-state index is 13.3. The molecule has 0 aliphatic carbocycles. The van der Waals surface area contributed by atoms with Crippen molar-refractivity contribution in [2.75, 3.05) is 45.8 Å². The van der Waals surface area contributed by atoms with E-state index in [4.69, 9.17) is 21.1 Å². The predicted octanol–water partition coefficient (Wildman–Crippen LogP) is 5.58. The molecule has 0 saturated carbocycles. The first-order chi connectivity index (χ1) is 17.1. The molecule has 0 bridgehead atoms. The van der Waals surface area contributed by atoms with E-state index in [0.717, 1.165) is 23.5 Å². The Morgan fingerprint density at radius 1 is 1.14 bits per heavy atom. The number of aryl methyl sites for hydroxylation is 1. The van der Waals surface area contributed by atoms with Gasteiger partial charge in [-0.05, 0) is 36.2 Å². The SMILES string of the molecule is CCc1cc(C(F)(F)F)cc2sc(NC(=O)c3cc(Cl)cc(CN(CCOC)CCOC)c3O)nc12. The number of nitrogens with one attached hydrogen (secondary N) is 1. The summed E-state index contributed by atoms with van der Waals surface area (Å²) < 4.78 is 50.4. The van der Waals surface area contributed by atoms with E-state index in [1.54, 1.807) is 27.2 Å². The molecule has 36 heavy (non-hydrogen) atoms. The van der Waals surface area contributed by atoms with E-state index in [1.807, 2.05) is 4.90 Å². The lowest BCUT2D eigenvalue weighted by Gasteiger charge is -2.22. The highest BCUT2D eigenvalue weighted by Crippen LogP contribution is 2.37. The Kier molecular flexibility index (Phi) is 9.53. The molecule has 0 aliphatic heterocycles. The van der Waals surface area contributed by atoms with Crippen molar-refractivity contribution in [3.05, 3.63) is 51.5 Å². The van der Waals surface area contributed by atoms with Crippen molar-refractivity contribution in [2.45, 2.75) is 26.1 Å². The van der Waals surface area contributed by atoms with Gasteiger partial charge >= 0.3 is 6.18 Å². The van der Waals surface area contributed by atoms with Gasteiger partial charge in [0.05, 0.1) is 34.6 Å². The van der Waals surface area contributed by atoms with E-state index in [0.29, 0.717) is 60.6 Å². The minimum atomic E-state index is -4.49. The number of anilines is 1. The lowest BCUT2D eigenvalue weighted by molar-refractivity contribution is -0.137. The topological polar surface area (TPSA) is 83.9 Å². The Morgan fingerprint density at radius 3 is 2.39 bits per heavy atom. The molecule has 12 heteroatoms. The Morgan fingerprint density at radius 2 is 1.81 bits per heavy atom. The molecule has 2 aromatic carbocycles. The van der Waals surface area contributed by atoms with Crippen molar-refractivity contribution in [2.24, 2.45) is 0 Å². The third-order valence-electron chi connectivity index (χ3n) is 5.52. The summed E-state index contributed by atoms with van der Waals surface area (Å²) in [4.78, 5) is 19.3. The fraction of sp³-hybridized carbons (Fsp3) is 0.417. The zero-order valence-electron chi connectivity index (χ0n) is 20.0. The molecule has 0 atom stereocenters. The van der Waals surface area contributed by atoms with E-state index < -0.39 is 17.6 Å². The summed E-state index contributed by atoms with van der Waals surface area (Å²) in [5.74, 6) is -0.920. The number of hydrogen-bond acceptors (Lipinski definition) is 7. The van der Waals surface area contributed by atoms with Crippen molar-refractivity contribution in [1.82, 2.24) is 9.88 Å². The number of benzene rings is 2. The van der Waals surface area contributed by atoms with E-state index >= 15 is 0 Å². The number of aromatic nitrogens is 1. The average Bonchev–Trinajstić information content (AvgIpc) is 3.23. The van der Waals surface area contributed by atoms with Crippen LogP contribution in [0, 0.1) is 0 Å². The van der Waals surface area contributed by atoms with Crippen LogP contribution in [0.2, 0.25) is 5.02 Å². The molecule has 0 fully saturated rings. The molecule has 3 rings (SSSR count). The Balaban J connectivity index is 1.88. The second-order valence-electron chi connectivity index (χ2n) is 8.03. The van der Waals surface area contributed by atoms with Crippen molar-refractivity contribution < 1.29 is 32.5 Å².